The van der Waals surface area contributed by atoms with E-state index in [4.69, 9.17) is 0 Å². The van der Waals surface area contributed by atoms with Crippen molar-refractivity contribution in [3.05, 3.63) is 192 Å². The minimum atomic E-state index is 0. The average molecular weight is 883 g/mol. The van der Waals surface area contributed by atoms with E-state index in [2.05, 4.69) is 157 Å². The number of hydrogen-bond donors (Lipinski definition) is 0. The van der Waals surface area contributed by atoms with Crippen molar-refractivity contribution in [1.29, 1.82) is 0 Å². The first-order chi connectivity index (χ1) is 26.9. The van der Waals surface area contributed by atoms with Crippen LogP contribution in [0.5, 0.6) is 0 Å². The van der Waals surface area contributed by atoms with Crippen LogP contribution in [0.2, 0.25) is 0 Å². The van der Waals surface area contributed by atoms with Gasteiger partial charge < -0.3 is 0 Å². The Hall–Kier alpha value is -3.48. The number of benzene rings is 5. The zero-order valence-corrected chi connectivity index (χ0v) is 39.8. The predicted molar refractivity (Wildman–Crippen MR) is 253 cm³/mol. The van der Waals surface area contributed by atoms with E-state index in [0.717, 1.165) is 12.8 Å². The van der Waals surface area contributed by atoms with Gasteiger partial charge in [0.05, 0.1) is 0 Å². The van der Waals surface area contributed by atoms with Crippen LogP contribution < -0.4 is 0 Å². The summed E-state index contributed by atoms with van der Waals surface area (Å²) >= 11 is 1.30. The molecule has 10 rings (SSSR count). The summed E-state index contributed by atoms with van der Waals surface area (Å²) in [5, 5.41) is 4.88. The summed E-state index contributed by atoms with van der Waals surface area (Å²) in [6.07, 6.45) is 18.5. The fourth-order valence-electron chi connectivity index (χ4n) is 10.0. The first kappa shape index (κ1) is 47.2. The van der Waals surface area contributed by atoms with Crippen LogP contribution in [0.25, 0.3) is 27.1 Å². The zero-order valence-electron chi connectivity index (χ0n) is 35.7. The van der Waals surface area contributed by atoms with E-state index in [0.29, 0.717) is 5.92 Å². The number of rotatable bonds is 0. The molecular formula is C55H60Cl2Zr-4. The van der Waals surface area contributed by atoms with Gasteiger partial charge in [0.1, 0.15) is 0 Å². The molecule has 0 aliphatic heterocycles. The third-order valence-corrected chi connectivity index (χ3v) is 14.5. The van der Waals surface area contributed by atoms with E-state index in [-0.39, 0.29) is 46.5 Å². The van der Waals surface area contributed by atoms with Crippen LogP contribution in [0.15, 0.2) is 156 Å². The number of halogens is 2. The summed E-state index contributed by atoms with van der Waals surface area (Å²) in [5.74, 6) is 2.24. The summed E-state index contributed by atoms with van der Waals surface area (Å²) < 4.78 is 3.34. The summed E-state index contributed by atoms with van der Waals surface area (Å²) in [4.78, 5) is 0. The molecule has 5 aliphatic carbocycles. The molecule has 5 aromatic carbocycles. The van der Waals surface area contributed by atoms with Gasteiger partial charge in [0.25, 0.3) is 0 Å². The Balaban J connectivity index is 0.000000208. The van der Waals surface area contributed by atoms with Crippen molar-refractivity contribution < 1.29 is 24.2 Å². The Kier molecular flexibility index (Phi) is 16.1. The molecule has 58 heavy (non-hydrogen) atoms. The van der Waals surface area contributed by atoms with E-state index in [1.165, 1.54) is 69.7 Å². The van der Waals surface area contributed by atoms with Crippen LogP contribution in [-0.4, -0.2) is 4.21 Å². The van der Waals surface area contributed by atoms with Crippen LogP contribution in [0.3, 0.4) is 0 Å². The third-order valence-electron chi connectivity index (χ3n) is 14.5. The molecule has 0 spiro atoms. The molecule has 302 valence electrons. The third kappa shape index (κ3) is 8.44. The molecule has 5 aromatic rings. The second kappa shape index (κ2) is 19.7. The van der Waals surface area contributed by atoms with Crippen molar-refractivity contribution in [2.75, 3.05) is 0 Å². The molecule has 1 saturated carbocycles. The van der Waals surface area contributed by atoms with E-state index in [9.17, 15) is 0 Å². The molecule has 1 fully saturated rings. The quantitative estimate of drug-likeness (QED) is 0.136. The maximum Gasteiger partial charge on any atom is -0.0801 e. The fraction of sp³-hybridized carbons (Fsp3) is 0.309. The topological polar surface area (TPSA) is 0 Å². The van der Waals surface area contributed by atoms with Crippen molar-refractivity contribution in [3.8, 4) is 0 Å². The molecule has 3 heteroatoms. The van der Waals surface area contributed by atoms with Crippen molar-refractivity contribution in [2.24, 2.45) is 27.6 Å². The van der Waals surface area contributed by atoms with E-state index < -0.39 is 0 Å². The van der Waals surface area contributed by atoms with Gasteiger partial charge in [0, 0.05) is 0 Å². The summed E-state index contributed by atoms with van der Waals surface area (Å²) in [7, 11) is 0. The van der Waals surface area contributed by atoms with Gasteiger partial charge in [-0.1, -0.05) is 138 Å². The molecule has 0 amide bonds. The summed E-state index contributed by atoms with van der Waals surface area (Å²) in [6.45, 7) is 20.3. The molecule has 0 radical (unpaired) electrons. The molecule has 2 atom stereocenters. The van der Waals surface area contributed by atoms with E-state index in [1.807, 2.05) is 60.7 Å². The molecule has 5 aliphatic rings. The Morgan fingerprint density at radius 2 is 1.24 bits per heavy atom. The van der Waals surface area contributed by atoms with Crippen LogP contribution in [-0.2, 0) is 30.7 Å². The normalized spacial score (nSPS) is 21.6. The monoisotopic (exact) mass is 880 g/mol. The number of allylic oxidation sites excluding steroid dienone is 10. The van der Waals surface area contributed by atoms with Crippen LogP contribution in [0.1, 0.15) is 85.8 Å². The molecule has 0 nitrogen and oxygen atoms in total. The van der Waals surface area contributed by atoms with Gasteiger partial charge in [-0.25, -0.2) is 18.1 Å². The average Bonchev–Trinajstić information content (AvgIpc) is 3.95. The second-order valence-electron chi connectivity index (χ2n) is 17.3. The van der Waals surface area contributed by atoms with E-state index in [1.54, 1.807) is 28.2 Å². The molecule has 0 bridgehead atoms. The molecule has 0 aromatic heterocycles. The van der Waals surface area contributed by atoms with E-state index >= 15 is 0 Å². The number of fused-ring (bicyclic) bond motifs is 8. The van der Waals surface area contributed by atoms with Crippen LogP contribution in [0, 0.1) is 51.7 Å². The SMILES string of the molecule is C[C-]1C2=C3Cc4ccccc4C3=C3C=CCCC3C2(C)C(C)(C)C(C)(C)C1(C)C.Cl.Cl.[C-]1=CC=CC1.[CH2]=[Zr].[c-]1cccc2ccccc12.[c-]1cccc2ccccc12. The van der Waals surface area contributed by atoms with Gasteiger partial charge in [-0.15, -0.1) is 132 Å². The summed E-state index contributed by atoms with van der Waals surface area (Å²) in [6, 6.07) is 43.9. The van der Waals surface area contributed by atoms with Gasteiger partial charge in [-0.3, -0.25) is 6.08 Å². The van der Waals surface area contributed by atoms with Gasteiger partial charge in [-0.05, 0) is 40.6 Å². The van der Waals surface area contributed by atoms with Gasteiger partial charge in [-0.2, -0.15) is 17.2 Å². The second-order valence-corrected chi connectivity index (χ2v) is 17.3. The van der Waals surface area contributed by atoms with Crippen molar-refractivity contribution in [3.63, 3.8) is 0 Å². The minimum Gasteiger partial charge on any atom is -0.147 e. The number of hydrogen-bond acceptors (Lipinski definition) is 0. The largest absolute Gasteiger partial charge is 0.147 e. The zero-order chi connectivity index (χ0) is 40.1. The minimum absolute atomic E-state index is 0. The first-order valence-electron chi connectivity index (χ1n) is 20.3. The molecule has 0 heterocycles. The summed E-state index contributed by atoms with van der Waals surface area (Å²) in [5.41, 5.74) is 10.3. The Bertz CT molecular complexity index is 2120. The molecule has 0 saturated heterocycles. The van der Waals surface area contributed by atoms with Crippen molar-refractivity contribution >= 4 is 56.1 Å². The Morgan fingerprint density at radius 3 is 1.78 bits per heavy atom. The maximum atomic E-state index is 3.34. The Morgan fingerprint density at radius 1 is 0.690 bits per heavy atom. The Labute approximate surface area is 377 Å². The first-order valence-corrected chi connectivity index (χ1v) is 22.0. The van der Waals surface area contributed by atoms with Crippen LogP contribution in [0.4, 0.5) is 0 Å². The van der Waals surface area contributed by atoms with Gasteiger partial charge >= 0.3 is 28.4 Å². The molecule has 2 unspecified atom stereocenters. The van der Waals surface area contributed by atoms with Crippen molar-refractivity contribution in [2.45, 2.75) is 81.1 Å². The van der Waals surface area contributed by atoms with Crippen LogP contribution >= 0.6 is 24.8 Å². The van der Waals surface area contributed by atoms with Crippen molar-refractivity contribution in [1.82, 2.24) is 0 Å². The standard InChI is InChI=1S/C29H37.2C10H7.C5H5.CH2.2ClH.Zr/c1-18-25-22-17-19-13-9-10-14-20(19)24(22)21-15-11-12-16-23(21)29(25,8)28(6,7)27(4,5)26(18,2)3;2*1-2-6-10-8-4-3-7-9(10)5-1;1-2-4-5-3-1;;;;/h9-11,13-15,23H,12,16-17H2,1-8H3;2*1-7H;1-3H,4H2;1H2;2*1H;/q4*-1;;;;. The van der Waals surface area contributed by atoms with Gasteiger partial charge in [0.2, 0.25) is 0 Å². The molecule has 0 N–H and O–H groups in total. The fourth-order valence-corrected chi connectivity index (χ4v) is 10.0. The smallest absolute Gasteiger partial charge is 0.0801 e. The predicted octanol–water partition coefficient (Wildman–Crippen LogP) is 15.4. The molecular weight excluding hydrogens is 823 g/mol. The maximum absolute atomic E-state index is 3.34. The van der Waals surface area contributed by atoms with Gasteiger partial charge in [0.15, 0.2) is 0 Å².